The Balaban J connectivity index is 1.64. The highest BCUT2D eigenvalue weighted by Crippen LogP contribution is 2.40. The lowest BCUT2D eigenvalue weighted by atomic mass is 9.78. The van der Waals surface area contributed by atoms with E-state index >= 15 is 0 Å². The van der Waals surface area contributed by atoms with Crippen molar-refractivity contribution in [2.24, 2.45) is 0 Å². The van der Waals surface area contributed by atoms with Crippen molar-refractivity contribution in [3.05, 3.63) is 72.1 Å². The Hall–Kier alpha value is -3.07. The van der Waals surface area contributed by atoms with Gasteiger partial charge in [0.1, 0.15) is 11.2 Å². The zero-order chi connectivity index (χ0) is 21.1. The molecule has 0 saturated carbocycles. The summed E-state index contributed by atoms with van der Waals surface area (Å²) < 4.78 is 18.7. The molecule has 4 nitrogen and oxygen atoms in total. The summed E-state index contributed by atoms with van der Waals surface area (Å²) in [6.07, 6.45) is 0. The van der Waals surface area contributed by atoms with E-state index in [-0.39, 0.29) is 11.2 Å². The molecule has 148 valence electrons. The maximum atomic E-state index is 7.44. The molecule has 1 fully saturated rings. The average Bonchev–Trinajstić information content (AvgIpc) is 3.21. The van der Waals surface area contributed by atoms with Crippen LogP contribution in [0.25, 0.3) is 37.9 Å². The first-order chi connectivity index (χ1) is 14.3. The van der Waals surface area contributed by atoms with Crippen LogP contribution in [0.3, 0.4) is 0 Å². The van der Waals surface area contributed by atoms with E-state index in [0.717, 1.165) is 32.9 Å². The quantitative estimate of drug-likeness (QED) is 0.304. The Kier molecular flexibility index (Phi) is 4.08. The van der Waals surface area contributed by atoms with Gasteiger partial charge in [-0.15, -0.1) is 0 Å². The van der Waals surface area contributed by atoms with Crippen molar-refractivity contribution in [3.8, 4) is 11.1 Å². The van der Waals surface area contributed by atoms with E-state index in [1.807, 2.05) is 42.5 Å². The van der Waals surface area contributed by atoms with E-state index in [4.69, 9.17) is 20.3 Å². The molecule has 1 aromatic heterocycles. The Morgan fingerprint density at radius 1 is 0.800 bits per heavy atom. The molecule has 0 atom stereocenters. The molecular formula is C25H22BNO3. The fourth-order valence-electron chi connectivity index (χ4n) is 3.95. The molecule has 0 unspecified atom stereocenters. The zero-order valence-corrected chi connectivity index (χ0v) is 17.5. The van der Waals surface area contributed by atoms with Crippen LogP contribution in [0, 0.1) is 6.57 Å². The topological polar surface area (TPSA) is 36.0 Å². The van der Waals surface area contributed by atoms with E-state index in [0.29, 0.717) is 11.3 Å². The van der Waals surface area contributed by atoms with E-state index in [2.05, 4.69) is 44.7 Å². The van der Waals surface area contributed by atoms with Crippen LogP contribution in [0.4, 0.5) is 5.69 Å². The van der Waals surface area contributed by atoms with Gasteiger partial charge in [-0.3, -0.25) is 0 Å². The molecule has 4 aromatic rings. The summed E-state index contributed by atoms with van der Waals surface area (Å²) >= 11 is 0. The highest BCUT2D eigenvalue weighted by atomic mass is 16.7. The minimum Gasteiger partial charge on any atom is -0.466 e. The van der Waals surface area contributed by atoms with Gasteiger partial charge in [0.15, 0.2) is 0 Å². The molecule has 1 saturated heterocycles. The van der Waals surface area contributed by atoms with E-state index in [1.54, 1.807) is 6.07 Å². The summed E-state index contributed by atoms with van der Waals surface area (Å²) in [7, 11) is -0.418. The minimum atomic E-state index is -0.418. The van der Waals surface area contributed by atoms with Gasteiger partial charge >= 0.3 is 7.12 Å². The second-order valence-electron chi connectivity index (χ2n) is 8.76. The van der Waals surface area contributed by atoms with E-state index in [1.165, 1.54) is 0 Å². The number of nitrogens with zero attached hydrogens (tertiary/aromatic N) is 1. The fraction of sp³-hybridized carbons (Fsp3) is 0.240. The van der Waals surface area contributed by atoms with Gasteiger partial charge in [-0.05, 0) is 38.7 Å². The van der Waals surface area contributed by atoms with Gasteiger partial charge < -0.3 is 13.7 Å². The summed E-state index contributed by atoms with van der Waals surface area (Å²) in [6.45, 7) is 15.7. The van der Waals surface area contributed by atoms with Crippen LogP contribution in [0.5, 0.6) is 0 Å². The first-order valence-corrected chi connectivity index (χ1v) is 10.1. The molecule has 5 rings (SSSR count). The van der Waals surface area contributed by atoms with Crippen molar-refractivity contribution in [3.63, 3.8) is 0 Å². The molecule has 30 heavy (non-hydrogen) atoms. The molecule has 0 N–H and O–H groups in total. The highest BCUT2D eigenvalue weighted by Gasteiger charge is 2.51. The van der Waals surface area contributed by atoms with Gasteiger partial charge in [0.2, 0.25) is 5.69 Å². The van der Waals surface area contributed by atoms with Crippen molar-refractivity contribution in [2.45, 2.75) is 38.9 Å². The highest BCUT2D eigenvalue weighted by molar-refractivity contribution is 6.62. The SMILES string of the molecule is [C-]#[N+]c1cccc2c1oc1c(-c3cccc(B4OC(C)(C)C(C)(C)O4)c3)cccc12. The van der Waals surface area contributed by atoms with Crippen LogP contribution in [-0.2, 0) is 9.31 Å². The lowest BCUT2D eigenvalue weighted by Crippen LogP contribution is -2.41. The predicted molar refractivity (Wildman–Crippen MR) is 121 cm³/mol. The van der Waals surface area contributed by atoms with Crippen molar-refractivity contribution < 1.29 is 13.7 Å². The number of hydrogen-bond donors (Lipinski definition) is 0. The second kappa shape index (κ2) is 6.47. The molecule has 0 amide bonds. The van der Waals surface area contributed by atoms with Gasteiger partial charge in [0.25, 0.3) is 0 Å². The van der Waals surface area contributed by atoms with Crippen molar-refractivity contribution >= 4 is 40.2 Å². The summed E-state index contributed by atoms with van der Waals surface area (Å²) in [5, 5.41) is 1.97. The Morgan fingerprint density at radius 2 is 1.43 bits per heavy atom. The average molecular weight is 395 g/mol. The lowest BCUT2D eigenvalue weighted by Gasteiger charge is -2.32. The number of para-hydroxylation sites is 2. The number of benzene rings is 3. The smallest absolute Gasteiger partial charge is 0.466 e. The van der Waals surface area contributed by atoms with Crippen LogP contribution in [-0.4, -0.2) is 18.3 Å². The van der Waals surface area contributed by atoms with Crippen molar-refractivity contribution in [2.75, 3.05) is 0 Å². The van der Waals surface area contributed by atoms with E-state index < -0.39 is 7.12 Å². The third kappa shape index (κ3) is 2.76. The first kappa shape index (κ1) is 18.9. The van der Waals surface area contributed by atoms with Crippen molar-refractivity contribution in [1.29, 1.82) is 0 Å². The van der Waals surface area contributed by atoms with Gasteiger partial charge in [-0.1, -0.05) is 60.7 Å². The Morgan fingerprint density at radius 3 is 2.13 bits per heavy atom. The van der Waals surface area contributed by atoms with Gasteiger partial charge in [0.05, 0.1) is 17.8 Å². The fourth-order valence-corrected chi connectivity index (χ4v) is 3.95. The molecule has 2 heterocycles. The molecule has 0 spiro atoms. The molecule has 3 aromatic carbocycles. The maximum Gasteiger partial charge on any atom is 0.494 e. The van der Waals surface area contributed by atoms with Gasteiger partial charge in [0, 0.05) is 16.3 Å². The molecule has 0 aliphatic carbocycles. The van der Waals surface area contributed by atoms with Crippen LogP contribution >= 0.6 is 0 Å². The Labute approximate surface area is 176 Å². The van der Waals surface area contributed by atoms with Crippen LogP contribution < -0.4 is 5.46 Å². The maximum absolute atomic E-state index is 7.44. The molecule has 0 radical (unpaired) electrons. The third-order valence-electron chi connectivity index (χ3n) is 6.35. The summed E-state index contributed by atoms with van der Waals surface area (Å²) in [5.74, 6) is 0. The summed E-state index contributed by atoms with van der Waals surface area (Å²) in [4.78, 5) is 3.61. The number of fused-ring (bicyclic) bond motifs is 3. The molecule has 0 bridgehead atoms. The lowest BCUT2D eigenvalue weighted by molar-refractivity contribution is 0.00578. The number of rotatable bonds is 2. The molecular weight excluding hydrogens is 373 g/mol. The van der Waals surface area contributed by atoms with Gasteiger partial charge in [-0.25, -0.2) is 4.85 Å². The van der Waals surface area contributed by atoms with Gasteiger partial charge in [-0.2, -0.15) is 0 Å². The number of hydrogen-bond acceptors (Lipinski definition) is 3. The Bertz CT molecular complexity index is 1310. The van der Waals surface area contributed by atoms with Crippen LogP contribution in [0.1, 0.15) is 27.7 Å². The summed E-state index contributed by atoms with van der Waals surface area (Å²) in [6, 6.07) is 20.0. The van der Waals surface area contributed by atoms with Crippen LogP contribution in [0.15, 0.2) is 65.1 Å². The monoisotopic (exact) mass is 395 g/mol. The molecule has 5 heteroatoms. The largest absolute Gasteiger partial charge is 0.494 e. The summed E-state index contributed by atoms with van der Waals surface area (Å²) in [5.41, 5.74) is 4.16. The predicted octanol–water partition coefficient (Wildman–Crippen LogP) is 6.10. The third-order valence-corrected chi connectivity index (χ3v) is 6.35. The minimum absolute atomic E-state index is 0.386. The number of furan rings is 1. The van der Waals surface area contributed by atoms with E-state index in [9.17, 15) is 0 Å². The van der Waals surface area contributed by atoms with Crippen LogP contribution in [0.2, 0.25) is 0 Å². The normalized spacial score (nSPS) is 17.5. The molecule has 1 aliphatic rings. The van der Waals surface area contributed by atoms with Crippen molar-refractivity contribution in [1.82, 2.24) is 0 Å². The second-order valence-corrected chi connectivity index (χ2v) is 8.76. The molecule has 1 aliphatic heterocycles. The zero-order valence-electron chi connectivity index (χ0n) is 17.5. The standard InChI is InChI=1S/C25H22BNO3/c1-24(2)25(3,4)30-26(29-24)17-10-6-9-16(15-17)18-11-7-12-19-20-13-8-14-21(27-5)23(20)28-22(18)19/h6-15H,1-4H3. The first-order valence-electron chi connectivity index (χ1n) is 10.1.